The zero-order valence-corrected chi connectivity index (χ0v) is 16.3. The number of carbonyl (C=O) groups excluding carboxylic acids is 1. The van der Waals surface area contributed by atoms with E-state index >= 15 is 0 Å². The van der Waals surface area contributed by atoms with Crippen LogP contribution in [0.5, 0.6) is 11.5 Å². The maximum atomic E-state index is 12.3. The molecule has 2 aromatic heterocycles. The molecule has 0 aliphatic heterocycles. The minimum Gasteiger partial charge on any atom is -0.493 e. The number of hydrogen-bond acceptors (Lipinski definition) is 7. The molecule has 0 saturated carbocycles. The Morgan fingerprint density at radius 1 is 0.967 bits per heavy atom. The first-order valence-corrected chi connectivity index (χ1v) is 9.06. The molecule has 0 aliphatic rings. The SMILES string of the molecule is COc1ccc(-c2noc(-c3cccc(NC(=O)c4cccnc4)c3)n2)cc1OC. The average molecular weight is 402 g/mol. The fourth-order valence-corrected chi connectivity index (χ4v) is 2.86. The van der Waals surface area contributed by atoms with Crippen LogP contribution in [0, 0.1) is 0 Å². The quantitative estimate of drug-likeness (QED) is 0.519. The molecule has 0 aliphatic carbocycles. The normalized spacial score (nSPS) is 10.5. The van der Waals surface area contributed by atoms with Gasteiger partial charge in [0.25, 0.3) is 11.8 Å². The monoisotopic (exact) mass is 402 g/mol. The molecule has 0 saturated heterocycles. The van der Waals surface area contributed by atoms with Crippen LogP contribution in [0.15, 0.2) is 71.5 Å². The Morgan fingerprint density at radius 2 is 1.83 bits per heavy atom. The number of methoxy groups -OCH3 is 2. The van der Waals surface area contributed by atoms with Gasteiger partial charge in [-0.3, -0.25) is 9.78 Å². The number of benzene rings is 2. The van der Waals surface area contributed by atoms with E-state index in [9.17, 15) is 4.79 Å². The van der Waals surface area contributed by atoms with Crippen LogP contribution in [-0.4, -0.2) is 35.3 Å². The number of aromatic nitrogens is 3. The average Bonchev–Trinajstić information content (AvgIpc) is 3.30. The van der Waals surface area contributed by atoms with Gasteiger partial charge in [0.15, 0.2) is 11.5 Å². The van der Waals surface area contributed by atoms with Gasteiger partial charge in [0.1, 0.15) is 0 Å². The third-order valence-electron chi connectivity index (χ3n) is 4.36. The van der Waals surface area contributed by atoms with Gasteiger partial charge in [-0.25, -0.2) is 0 Å². The first-order valence-electron chi connectivity index (χ1n) is 9.06. The Hall–Kier alpha value is -4.20. The number of nitrogens with one attached hydrogen (secondary N) is 1. The van der Waals surface area contributed by atoms with Crippen LogP contribution in [0.2, 0.25) is 0 Å². The summed E-state index contributed by atoms with van der Waals surface area (Å²) in [6.07, 6.45) is 3.12. The van der Waals surface area contributed by atoms with Crippen molar-refractivity contribution in [2.75, 3.05) is 19.5 Å². The predicted molar refractivity (Wildman–Crippen MR) is 110 cm³/mol. The predicted octanol–water partition coefficient (Wildman–Crippen LogP) is 4.07. The van der Waals surface area contributed by atoms with Gasteiger partial charge in [-0.1, -0.05) is 11.2 Å². The van der Waals surface area contributed by atoms with Crippen molar-refractivity contribution >= 4 is 11.6 Å². The Balaban J connectivity index is 1.57. The van der Waals surface area contributed by atoms with Crippen molar-refractivity contribution in [2.45, 2.75) is 0 Å². The van der Waals surface area contributed by atoms with E-state index in [4.69, 9.17) is 14.0 Å². The zero-order chi connectivity index (χ0) is 20.9. The van der Waals surface area contributed by atoms with Crippen LogP contribution in [0.1, 0.15) is 10.4 Å². The molecule has 4 rings (SSSR count). The van der Waals surface area contributed by atoms with Crippen molar-refractivity contribution in [2.24, 2.45) is 0 Å². The summed E-state index contributed by atoms with van der Waals surface area (Å²) in [7, 11) is 3.14. The number of anilines is 1. The first-order chi connectivity index (χ1) is 14.7. The van der Waals surface area contributed by atoms with Crippen molar-refractivity contribution in [1.29, 1.82) is 0 Å². The summed E-state index contributed by atoms with van der Waals surface area (Å²) >= 11 is 0. The van der Waals surface area contributed by atoms with Gasteiger partial charge in [0, 0.05) is 29.2 Å². The Morgan fingerprint density at radius 3 is 2.60 bits per heavy atom. The number of carbonyl (C=O) groups is 1. The highest BCUT2D eigenvalue weighted by atomic mass is 16.5. The third-order valence-corrected chi connectivity index (χ3v) is 4.36. The van der Waals surface area contributed by atoms with Gasteiger partial charge in [-0.15, -0.1) is 0 Å². The van der Waals surface area contributed by atoms with E-state index in [1.165, 1.54) is 6.20 Å². The molecule has 0 radical (unpaired) electrons. The number of pyridine rings is 1. The Labute approximate surface area is 172 Å². The molecule has 1 amide bonds. The van der Waals surface area contributed by atoms with Crippen LogP contribution < -0.4 is 14.8 Å². The summed E-state index contributed by atoms with van der Waals surface area (Å²) in [6.45, 7) is 0. The maximum Gasteiger partial charge on any atom is 0.258 e. The largest absolute Gasteiger partial charge is 0.493 e. The van der Waals surface area contributed by atoms with E-state index in [0.717, 1.165) is 5.56 Å². The molecule has 8 nitrogen and oxygen atoms in total. The van der Waals surface area contributed by atoms with Gasteiger partial charge in [0.2, 0.25) is 5.82 Å². The number of nitrogens with zero attached hydrogens (tertiary/aromatic N) is 3. The van der Waals surface area contributed by atoms with Gasteiger partial charge in [0.05, 0.1) is 19.8 Å². The fourth-order valence-electron chi connectivity index (χ4n) is 2.86. The van der Waals surface area contributed by atoms with E-state index < -0.39 is 0 Å². The summed E-state index contributed by atoms with van der Waals surface area (Å²) in [6, 6.07) is 15.9. The van der Waals surface area contributed by atoms with Gasteiger partial charge in [-0.2, -0.15) is 4.98 Å². The summed E-state index contributed by atoms with van der Waals surface area (Å²) in [5.74, 6) is 1.67. The zero-order valence-electron chi connectivity index (χ0n) is 16.3. The second-order valence-corrected chi connectivity index (χ2v) is 6.27. The molecule has 0 atom stereocenters. The summed E-state index contributed by atoms with van der Waals surface area (Å²) < 4.78 is 16.0. The molecule has 0 fully saturated rings. The van der Waals surface area contributed by atoms with Crippen molar-refractivity contribution in [3.05, 3.63) is 72.6 Å². The number of rotatable bonds is 6. The van der Waals surface area contributed by atoms with Gasteiger partial charge >= 0.3 is 0 Å². The van der Waals surface area contributed by atoms with Gasteiger partial charge < -0.3 is 19.3 Å². The summed E-state index contributed by atoms with van der Waals surface area (Å²) in [5.41, 5.74) is 2.48. The van der Waals surface area contributed by atoms with Crippen molar-refractivity contribution < 1.29 is 18.8 Å². The van der Waals surface area contributed by atoms with Crippen LogP contribution in [-0.2, 0) is 0 Å². The van der Waals surface area contributed by atoms with Crippen molar-refractivity contribution in [3.8, 4) is 34.3 Å². The number of hydrogen-bond donors (Lipinski definition) is 1. The first kappa shape index (κ1) is 19.1. The lowest BCUT2D eigenvalue weighted by molar-refractivity contribution is 0.102. The minimum absolute atomic E-state index is 0.253. The molecule has 1 N–H and O–H groups in total. The Bertz CT molecular complexity index is 1170. The molecule has 0 unspecified atom stereocenters. The highest BCUT2D eigenvalue weighted by Gasteiger charge is 2.14. The molecule has 8 heteroatoms. The molecule has 2 heterocycles. The lowest BCUT2D eigenvalue weighted by atomic mass is 10.1. The number of amides is 1. The second kappa shape index (κ2) is 8.44. The number of ether oxygens (including phenoxy) is 2. The standard InChI is InChI=1S/C22H18N4O4/c1-28-18-9-8-14(12-19(18)29-2)20-25-22(30-26-20)15-5-3-7-17(11-15)24-21(27)16-6-4-10-23-13-16/h3-13H,1-2H3,(H,24,27). The topological polar surface area (TPSA) is 99.4 Å². The van der Waals surface area contributed by atoms with E-state index in [2.05, 4.69) is 20.4 Å². The van der Waals surface area contributed by atoms with Crippen molar-refractivity contribution in [1.82, 2.24) is 15.1 Å². The molecule has 0 spiro atoms. The lowest BCUT2D eigenvalue weighted by Crippen LogP contribution is -2.11. The molecule has 30 heavy (non-hydrogen) atoms. The minimum atomic E-state index is -0.253. The Kier molecular flexibility index (Phi) is 5.38. The van der Waals surface area contributed by atoms with Gasteiger partial charge in [-0.05, 0) is 48.5 Å². The maximum absolute atomic E-state index is 12.3. The van der Waals surface area contributed by atoms with E-state index in [0.29, 0.717) is 40.0 Å². The molecular weight excluding hydrogens is 384 g/mol. The second-order valence-electron chi connectivity index (χ2n) is 6.27. The molecule has 0 bridgehead atoms. The third kappa shape index (κ3) is 3.97. The fraction of sp³-hybridized carbons (Fsp3) is 0.0909. The van der Waals surface area contributed by atoms with E-state index in [1.54, 1.807) is 62.9 Å². The van der Waals surface area contributed by atoms with E-state index in [1.807, 2.05) is 12.1 Å². The summed E-state index contributed by atoms with van der Waals surface area (Å²) in [5, 5.41) is 6.89. The smallest absolute Gasteiger partial charge is 0.258 e. The molecule has 150 valence electrons. The molecular formula is C22H18N4O4. The highest BCUT2D eigenvalue weighted by molar-refractivity contribution is 6.04. The van der Waals surface area contributed by atoms with Crippen LogP contribution in [0.4, 0.5) is 5.69 Å². The van der Waals surface area contributed by atoms with Crippen molar-refractivity contribution in [3.63, 3.8) is 0 Å². The van der Waals surface area contributed by atoms with Crippen LogP contribution in [0.3, 0.4) is 0 Å². The molecule has 4 aromatic rings. The lowest BCUT2D eigenvalue weighted by Gasteiger charge is -2.07. The molecule has 2 aromatic carbocycles. The summed E-state index contributed by atoms with van der Waals surface area (Å²) in [4.78, 5) is 20.8. The highest BCUT2D eigenvalue weighted by Crippen LogP contribution is 2.32. The van der Waals surface area contributed by atoms with Crippen LogP contribution in [0.25, 0.3) is 22.8 Å². The van der Waals surface area contributed by atoms with E-state index in [-0.39, 0.29) is 5.91 Å². The van der Waals surface area contributed by atoms with Crippen LogP contribution >= 0.6 is 0 Å².